The summed E-state index contributed by atoms with van der Waals surface area (Å²) in [5, 5.41) is 0.241. The van der Waals surface area contributed by atoms with Gasteiger partial charge in [0.2, 0.25) is 0 Å². The fraction of sp³-hybridized carbons (Fsp3) is 0.806. The molecule has 37 heavy (non-hydrogen) atoms. The van der Waals surface area contributed by atoms with Crippen molar-refractivity contribution in [3.8, 4) is 11.8 Å². The minimum Gasteiger partial charge on any atom is -0.421 e. The predicted molar refractivity (Wildman–Crippen MR) is 151 cm³/mol. The Labute approximate surface area is 246 Å². The van der Waals surface area contributed by atoms with Gasteiger partial charge in [0.1, 0.15) is 0 Å². The molecule has 212 valence electrons. The van der Waals surface area contributed by atoms with Crippen molar-refractivity contribution in [2.45, 2.75) is 161 Å². The second-order valence-corrected chi connectivity index (χ2v) is 15.5. The molecule has 1 aliphatic carbocycles. The third-order valence-corrected chi connectivity index (χ3v) is 11.3. The monoisotopic (exact) mass is 703 g/mol. The SMILES string of the molecule is C1CCCC1.[C-]#[O+].[C-]#[O+].[C-]#[O+].[CH2-]C#CC(CCCCCCCCCCCCC)O[Si](C)(C)C(C)(C)C.[W+2]. The van der Waals surface area contributed by atoms with Crippen LogP contribution in [0.2, 0.25) is 18.1 Å². The van der Waals surface area contributed by atoms with E-state index >= 15 is 0 Å². The molecule has 0 aromatic rings. The third-order valence-electron chi connectivity index (χ3n) is 6.83. The van der Waals surface area contributed by atoms with Crippen LogP contribution in [-0.4, -0.2) is 14.4 Å². The Morgan fingerprint density at radius 2 is 1.05 bits per heavy atom. The maximum atomic E-state index is 7.50. The summed E-state index contributed by atoms with van der Waals surface area (Å²) < 4.78 is 29.0. The zero-order chi connectivity index (χ0) is 28.7. The van der Waals surface area contributed by atoms with Gasteiger partial charge in [-0.2, -0.15) is 6.92 Å². The number of hydrogen-bond acceptors (Lipinski definition) is 1. The van der Waals surface area contributed by atoms with E-state index < -0.39 is 8.32 Å². The van der Waals surface area contributed by atoms with Crippen LogP contribution in [0.25, 0.3) is 0 Å². The molecule has 1 atom stereocenters. The molecule has 4 nitrogen and oxygen atoms in total. The molecule has 0 heterocycles. The van der Waals surface area contributed by atoms with Gasteiger partial charge in [-0.3, -0.25) is 11.8 Å². The van der Waals surface area contributed by atoms with E-state index in [-0.39, 0.29) is 32.2 Å². The van der Waals surface area contributed by atoms with Gasteiger partial charge in [0, 0.05) is 6.10 Å². The minimum atomic E-state index is -1.74. The minimum absolute atomic E-state index is 0. The molecule has 6 heteroatoms. The maximum absolute atomic E-state index is 7.50. The normalized spacial score (nSPS) is 12.4. The van der Waals surface area contributed by atoms with Gasteiger partial charge in [-0.05, 0) is 24.6 Å². The smallest absolute Gasteiger partial charge is 0.421 e. The molecular weight excluding hydrogens is 648 g/mol. The van der Waals surface area contributed by atoms with E-state index in [2.05, 4.69) is 79.5 Å². The summed E-state index contributed by atoms with van der Waals surface area (Å²) in [5.74, 6) is 6.03. The van der Waals surface area contributed by atoms with Crippen LogP contribution in [0.5, 0.6) is 0 Å². The van der Waals surface area contributed by atoms with E-state index in [0.717, 1.165) is 6.42 Å². The van der Waals surface area contributed by atoms with Crippen LogP contribution in [0.3, 0.4) is 0 Å². The van der Waals surface area contributed by atoms with E-state index in [1.54, 1.807) is 0 Å². The van der Waals surface area contributed by atoms with Gasteiger partial charge in [0.05, 0.1) is 0 Å². The van der Waals surface area contributed by atoms with Crippen molar-refractivity contribution in [1.29, 1.82) is 0 Å². The maximum Gasteiger partial charge on any atom is 2.00 e. The molecule has 1 unspecified atom stereocenters. The summed E-state index contributed by atoms with van der Waals surface area (Å²) >= 11 is 0. The molecule has 1 aliphatic rings. The second kappa shape index (κ2) is 35.5. The molecule has 0 aromatic carbocycles. The van der Waals surface area contributed by atoms with Crippen LogP contribution in [0.4, 0.5) is 0 Å². The summed E-state index contributed by atoms with van der Waals surface area (Å²) in [6.07, 6.45) is 23.8. The zero-order valence-corrected chi connectivity index (χ0v) is 28.8. The number of unbranched alkanes of at least 4 members (excludes halogenated alkanes) is 10. The van der Waals surface area contributed by atoms with E-state index in [1.165, 1.54) is 103 Å². The van der Waals surface area contributed by atoms with E-state index in [9.17, 15) is 0 Å². The van der Waals surface area contributed by atoms with Gasteiger partial charge >= 0.3 is 55.0 Å². The molecule has 0 N–H and O–H groups in total. The standard InChI is InChI=1S/C23H45OSi.C5H10.3CO.W/c1-8-10-11-12-13-14-15-16-17-18-19-21-22(20-9-2)24-25(6,7)23(3,4)5;1-2-4-5-3-1;3*1-2;/h22H,2,8,10-19,21H2,1,3-7H3;1-5H2;;;;/q-1;;;;;+2. The van der Waals surface area contributed by atoms with Crippen LogP contribution in [0, 0.1) is 38.7 Å². The van der Waals surface area contributed by atoms with Crippen LogP contribution in [0.1, 0.15) is 137 Å². The van der Waals surface area contributed by atoms with Crippen molar-refractivity contribution in [3.05, 3.63) is 26.9 Å². The first kappa shape index (κ1) is 46.4. The molecule has 0 saturated heterocycles. The Hall–Kier alpha value is -0.485. The Bertz CT molecular complexity index is 542. The van der Waals surface area contributed by atoms with Crippen molar-refractivity contribution in [2.24, 2.45) is 0 Å². The first-order valence-corrected chi connectivity index (χ1v) is 16.7. The van der Waals surface area contributed by atoms with Gasteiger partial charge in [-0.15, -0.1) is 0 Å². The van der Waals surface area contributed by atoms with Crippen LogP contribution < -0.4 is 0 Å². The van der Waals surface area contributed by atoms with Gasteiger partial charge < -0.3 is 4.43 Å². The van der Waals surface area contributed by atoms with Crippen molar-refractivity contribution >= 4 is 8.32 Å². The van der Waals surface area contributed by atoms with Crippen LogP contribution >= 0.6 is 0 Å². The predicted octanol–water partition coefficient (Wildman–Crippen LogP) is 9.75. The van der Waals surface area contributed by atoms with Crippen molar-refractivity contribution in [3.63, 3.8) is 0 Å². The summed E-state index contributed by atoms with van der Waals surface area (Å²) in [7, 11) is -1.74. The molecule has 1 rings (SSSR count). The van der Waals surface area contributed by atoms with E-state index in [0.29, 0.717) is 0 Å². The molecule has 0 bridgehead atoms. The van der Waals surface area contributed by atoms with Crippen LogP contribution in [0.15, 0.2) is 0 Å². The molecule has 0 amide bonds. The van der Waals surface area contributed by atoms with Crippen molar-refractivity contribution in [2.75, 3.05) is 0 Å². The average Bonchev–Trinajstić information content (AvgIpc) is 3.46. The largest absolute Gasteiger partial charge is 2.00 e. The Balaban J connectivity index is -0.000000239. The van der Waals surface area contributed by atoms with E-state index in [4.69, 9.17) is 18.4 Å². The first-order chi connectivity index (χ1) is 17.2. The number of hydrogen-bond donors (Lipinski definition) is 0. The number of rotatable bonds is 14. The fourth-order valence-electron chi connectivity index (χ4n) is 3.68. The Kier molecular flexibility index (Phi) is 44.5. The Morgan fingerprint density at radius 1 is 0.730 bits per heavy atom. The summed E-state index contributed by atoms with van der Waals surface area (Å²) in [5.41, 5.74) is 0. The molecule has 0 radical (unpaired) electrons. The van der Waals surface area contributed by atoms with E-state index in [1.807, 2.05) is 0 Å². The second-order valence-electron chi connectivity index (χ2n) is 10.8. The molecule has 0 spiro atoms. The van der Waals surface area contributed by atoms with Gasteiger partial charge in [0.25, 0.3) is 0 Å². The average molecular weight is 704 g/mol. The Morgan fingerprint density at radius 3 is 1.35 bits per heavy atom. The zero-order valence-electron chi connectivity index (χ0n) is 24.8. The summed E-state index contributed by atoms with van der Waals surface area (Å²) in [6.45, 7) is 31.0. The molecule has 0 aliphatic heterocycles. The van der Waals surface area contributed by atoms with Crippen LogP contribution in [-0.2, 0) is 39.4 Å². The summed E-state index contributed by atoms with van der Waals surface area (Å²) in [6, 6.07) is 0. The van der Waals surface area contributed by atoms with Gasteiger partial charge in [0.15, 0.2) is 8.32 Å². The van der Waals surface area contributed by atoms with Gasteiger partial charge in [-0.25, -0.2) is 0 Å². The summed E-state index contributed by atoms with van der Waals surface area (Å²) in [4.78, 5) is 0. The first-order valence-electron chi connectivity index (χ1n) is 13.8. The topological polar surface area (TPSA) is 68.9 Å². The fourth-order valence-corrected chi connectivity index (χ4v) is 4.93. The van der Waals surface area contributed by atoms with Crippen molar-refractivity contribution in [1.82, 2.24) is 0 Å². The third kappa shape index (κ3) is 33.5. The molecule has 0 aromatic heterocycles. The molecular formula is C31H55O4SiW+. The van der Waals surface area contributed by atoms with Gasteiger partial charge in [-0.1, -0.05) is 130 Å². The molecule has 1 fully saturated rings. The van der Waals surface area contributed by atoms with Crippen molar-refractivity contribution < 1.29 is 39.4 Å². The quantitative estimate of drug-likeness (QED) is 0.0584. The molecule has 1 saturated carbocycles.